The molecule has 162 valence electrons. The average Bonchev–Trinajstić information content (AvgIpc) is 2.60. The highest BCUT2D eigenvalue weighted by atomic mass is 31.2. The van der Waals surface area contributed by atoms with Crippen LogP contribution in [0.15, 0.2) is 24.3 Å². The first-order valence-corrected chi connectivity index (χ1v) is 13.7. The zero-order valence-electron chi connectivity index (χ0n) is 16.9. The van der Waals surface area contributed by atoms with E-state index in [1.54, 1.807) is 12.1 Å². The van der Waals surface area contributed by atoms with Crippen LogP contribution >= 0.6 is 15.2 Å². The lowest BCUT2D eigenvalue weighted by Crippen LogP contribution is -2.14. The van der Waals surface area contributed by atoms with Gasteiger partial charge < -0.3 is 19.6 Å². The summed E-state index contributed by atoms with van der Waals surface area (Å²) in [6.45, 7) is 2.22. The Morgan fingerprint density at radius 1 is 0.714 bits per heavy atom. The van der Waals surface area contributed by atoms with Crippen LogP contribution in [-0.4, -0.2) is 25.0 Å². The number of unbranched alkanes of at least 4 members (excludes halogenated alkanes) is 9. The Morgan fingerprint density at radius 3 is 1.61 bits per heavy atom. The summed E-state index contributed by atoms with van der Waals surface area (Å²) < 4.78 is 23.1. The van der Waals surface area contributed by atoms with Gasteiger partial charge in [0.05, 0.1) is 0 Å². The highest BCUT2D eigenvalue weighted by Gasteiger charge is 2.43. The second-order valence-corrected chi connectivity index (χ2v) is 11.6. The summed E-state index contributed by atoms with van der Waals surface area (Å²) >= 11 is 0. The van der Waals surface area contributed by atoms with Crippen molar-refractivity contribution in [3.63, 3.8) is 0 Å². The van der Waals surface area contributed by atoms with E-state index in [9.17, 15) is 28.7 Å². The molecule has 0 unspecified atom stereocenters. The van der Waals surface area contributed by atoms with E-state index >= 15 is 0 Å². The van der Waals surface area contributed by atoms with Crippen molar-refractivity contribution >= 4 is 15.2 Å². The molecule has 1 aromatic carbocycles. The van der Waals surface area contributed by atoms with Crippen molar-refractivity contribution in [3.05, 3.63) is 35.4 Å². The summed E-state index contributed by atoms with van der Waals surface area (Å²) in [5, 5.41) is -1.98. The Kier molecular flexibility index (Phi) is 11.8. The standard InChI is InChI=1S/C20H36O6P2/c1-2-3-4-5-6-7-8-9-10-11-14-18-15-12-13-16-19(18)17-20(27(21,22)23)28(24,25)26/h12-13,15-16,20H,2-11,14,17H2,1H3,(H2,21,22,23)(H2,24,25,26). The van der Waals surface area contributed by atoms with Crippen molar-refractivity contribution in [1.29, 1.82) is 0 Å². The number of benzene rings is 1. The molecular formula is C20H36O6P2. The third-order valence-electron chi connectivity index (χ3n) is 5.10. The van der Waals surface area contributed by atoms with Crippen LogP contribution < -0.4 is 0 Å². The van der Waals surface area contributed by atoms with E-state index in [1.165, 1.54) is 51.4 Å². The molecule has 0 saturated heterocycles. The van der Waals surface area contributed by atoms with Crippen LogP contribution in [0.4, 0.5) is 0 Å². The van der Waals surface area contributed by atoms with E-state index < -0.39 is 20.6 Å². The molecule has 1 rings (SSSR count). The van der Waals surface area contributed by atoms with Gasteiger partial charge in [0, 0.05) is 0 Å². The number of hydrogen-bond acceptors (Lipinski definition) is 2. The predicted octanol–water partition coefficient (Wildman–Crippen LogP) is 5.37. The van der Waals surface area contributed by atoms with E-state index in [0.29, 0.717) is 5.56 Å². The Morgan fingerprint density at radius 2 is 1.14 bits per heavy atom. The normalized spacial score (nSPS) is 12.6. The van der Waals surface area contributed by atoms with Gasteiger partial charge in [-0.15, -0.1) is 0 Å². The Hall–Kier alpha value is -0.480. The van der Waals surface area contributed by atoms with Crippen LogP contribution in [0.25, 0.3) is 0 Å². The molecule has 0 heterocycles. The topological polar surface area (TPSA) is 115 Å². The lowest BCUT2D eigenvalue weighted by molar-refractivity contribution is 0.338. The molecule has 4 N–H and O–H groups in total. The Bertz CT molecular complexity index is 630. The highest BCUT2D eigenvalue weighted by Crippen LogP contribution is 2.61. The smallest absolute Gasteiger partial charge is 0.324 e. The molecule has 0 atom stereocenters. The largest absolute Gasteiger partial charge is 0.341 e. The molecule has 0 aromatic heterocycles. The van der Waals surface area contributed by atoms with Crippen LogP contribution in [-0.2, 0) is 22.0 Å². The van der Waals surface area contributed by atoms with Crippen LogP contribution in [0, 0.1) is 0 Å². The zero-order chi connectivity index (χ0) is 21.0. The van der Waals surface area contributed by atoms with E-state index in [0.717, 1.165) is 24.8 Å². The molecule has 0 bridgehead atoms. The van der Waals surface area contributed by atoms with Gasteiger partial charge in [-0.2, -0.15) is 0 Å². The first-order chi connectivity index (χ1) is 13.2. The zero-order valence-corrected chi connectivity index (χ0v) is 18.7. The Labute approximate surface area is 169 Å². The van der Waals surface area contributed by atoms with Gasteiger partial charge >= 0.3 is 15.2 Å². The monoisotopic (exact) mass is 434 g/mol. The lowest BCUT2D eigenvalue weighted by atomic mass is 9.99. The van der Waals surface area contributed by atoms with Gasteiger partial charge in [-0.25, -0.2) is 0 Å². The first kappa shape index (κ1) is 25.6. The number of hydrogen-bond donors (Lipinski definition) is 4. The van der Waals surface area contributed by atoms with Crippen LogP contribution in [0.2, 0.25) is 0 Å². The molecule has 0 aliphatic rings. The maximum atomic E-state index is 11.5. The van der Waals surface area contributed by atoms with Crippen molar-refractivity contribution in [2.75, 3.05) is 0 Å². The van der Waals surface area contributed by atoms with Gasteiger partial charge in [0.2, 0.25) is 0 Å². The van der Waals surface area contributed by atoms with Crippen molar-refractivity contribution < 1.29 is 28.7 Å². The molecule has 28 heavy (non-hydrogen) atoms. The minimum absolute atomic E-state index is 0.317. The van der Waals surface area contributed by atoms with Crippen molar-refractivity contribution in [1.82, 2.24) is 0 Å². The minimum atomic E-state index is -4.90. The first-order valence-electron chi connectivity index (χ1n) is 10.3. The van der Waals surface area contributed by atoms with Gasteiger partial charge in [-0.05, 0) is 30.4 Å². The van der Waals surface area contributed by atoms with Crippen molar-refractivity contribution in [2.24, 2.45) is 0 Å². The third-order valence-corrected chi connectivity index (χ3v) is 8.82. The van der Waals surface area contributed by atoms with E-state index in [1.807, 2.05) is 12.1 Å². The van der Waals surface area contributed by atoms with Gasteiger partial charge in [0.15, 0.2) is 5.40 Å². The van der Waals surface area contributed by atoms with Crippen molar-refractivity contribution in [2.45, 2.75) is 89.4 Å². The summed E-state index contributed by atoms with van der Waals surface area (Å²) in [6.07, 6.45) is 12.7. The average molecular weight is 434 g/mol. The maximum Gasteiger partial charge on any atom is 0.341 e. The van der Waals surface area contributed by atoms with Crippen LogP contribution in [0.5, 0.6) is 0 Å². The maximum absolute atomic E-state index is 11.5. The summed E-state index contributed by atoms with van der Waals surface area (Å²) in [4.78, 5) is 37.4. The molecule has 0 aliphatic heterocycles. The van der Waals surface area contributed by atoms with Gasteiger partial charge in [-0.1, -0.05) is 89.0 Å². The number of aryl methyl sites for hydroxylation is 1. The van der Waals surface area contributed by atoms with E-state index in [2.05, 4.69) is 6.92 Å². The fourth-order valence-corrected chi connectivity index (χ4v) is 5.87. The molecule has 0 saturated carbocycles. The van der Waals surface area contributed by atoms with Gasteiger partial charge in [0.25, 0.3) is 0 Å². The number of rotatable bonds is 15. The molecule has 8 heteroatoms. The highest BCUT2D eigenvalue weighted by molar-refractivity contribution is 7.70. The summed E-state index contributed by atoms with van der Waals surface area (Å²) in [6, 6.07) is 7.15. The molecular weight excluding hydrogens is 398 g/mol. The molecule has 0 spiro atoms. The molecule has 1 aromatic rings. The molecule has 0 aliphatic carbocycles. The molecule has 0 radical (unpaired) electrons. The van der Waals surface area contributed by atoms with Crippen LogP contribution in [0.3, 0.4) is 0 Å². The fourth-order valence-electron chi connectivity index (χ4n) is 3.43. The van der Waals surface area contributed by atoms with Gasteiger partial charge in [0.1, 0.15) is 0 Å². The summed E-state index contributed by atoms with van der Waals surface area (Å²) in [7, 11) is -9.80. The second-order valence-electron chi connectivity index (χ2n) is 7.56. The van der Waals surface area contributed by atoms with Gasteiger partial charge in [-0.3, -0.25) is 9.13 Å². The van der Waals surface area contributed by atoms with E-state index in [4.69, 9.17) is 0 Å². The molecule has 0 fully saturated rings. The fraction of sp³-hybridized carbons (Fsp3) is 0.700. The quantitative estimate of drug-likeness (QED) is 0.218. The summed E-state index contributed by atoms with van der Waals surface area (Å²) in [5.74, 6) is 0. The van der Waals surface area contributed by atoms with Crippen molar-refractivity contribution in [3.8, 4) is 0 Å². The van der Waals surface area contributed by atoms with Crippen LogP contribution in [0.1, 0.15) is 82.3 Å². The summed E-state index contributed by atoms with van der Waals surface area (Å²) in [5.41, 5.74) is 1.52. The minimum Gasteiger partial charge on any atom is -0.324 e. The van der Waals surface area contributed by atoms with E-state index in [-0.39, 0.29) is 6.42 Å². The third kappa shape index (κ3) is 10.3. The molecule has 6 nitrogen and oxygen atoms in total. The second kappa shape index (κ2) is 13.0. The SMILES string of the molecule is CCCCCCCCCCCCc1ccccc1CC(P(=O)(O)O)P(=O)(O)O. The predicted molar refractivity (Wildman–Crippen MR) is 114 cm³/mol. The Balaban J connectivity index is 2.46. The lowest BCUT2D eigenvalue weighted by Gasteiger charge is -2.21. The molecule has 0 amide bonds.